The molecule has 1 fully saturated rings. The fraction of sp³-hybridized carbons (Fsp3) is 1.00. The number of nitrogens with zero attached hydrogens (tertiary/aromatic N) is 1. The number of hydrogen-bond acceptors (Lipinski definition) is 1. The Bertz CT molecular complexity index is 183. The minimum atomic E-state index is -4.12. The first kappa shape index (κ1) is 12.1. The van der Waals surface area contributed by atoms with Gasteiger partial charge in [-0.25, -0.2) is 0 Å². The molecule has 0 heterocycles. The second-order valence-electron chi connectivity index (χ2n) is 3.90. The first-order valence-electron chi connectivity index (χ1n) is 4.81. The van der Waals surface area contributed by atoms with Crippen LogP contribution in [-0.2, 0) is 0 Å². The lowest BCUT2D eigenvalue weighted by Crippen LogP contribution is -2.45. The molecule has 1 saturated carbocycles. The Morgan fingerprint density at radius 1 is 1.29 bits per heavy atom. The summed E-state index contributed by atoms with van der Waals surface area (Å²) in [4.78, 5) is 1.33. The second kappa shape index (κ2) is 4.71. The molecule has 0 aromatic carbocycles. The van der Waals surface area contributed by atoms with Gasteiger partial charge < -0.3 is 0 Å². The summed E-state index contributed by atoms with van der Waals surface area (Å²) < 4.78 is 36.3. The van der Waals surface area contributed by atoms with Crippen molar-refractivity contribution in [1.29, 1.82) is 0 Å². The van der Waals surface area contributed by atoms with Crippen LogP contribution < -0.4 is 0 Å². The van der Waals surface area contributed by atoms with Gasteiger partial charge in [0, 0.05) is 11.4 Å². The third-order valence-electron chi connectivity index (χ3n) is 2.64. The van der Waals surface area contributed by atoms with Gasteiger partial charge >= 0.3 is 6.18 Å². The van der Waals surface area contributed by atoms with E-state index in [-0.39, 0.29) is 11.4 Å². The Morgan fingerprint density at radius 3 is 2.36 bits per heavy atom. The van der Waals surface area contributed by atoms with Gasteiger partial charge in [0.25, 0.3) is 0 Å². The molecule has 1 aliphatic rings. The van der Waals surface area contributed by atoms with Gasteiger partial charge in [-0.15, -0.1) is 11.6 Å². The van der Waals surface area contributed by atoms with Gasteiger partial charge in [0.1, 0.15) is 0 Å². The molecule has 14 heavy (non-hydrogen) atoms. The summed E-state index contributed by atoms with van der Waals surface area (Å²) >= 11 is 6.00. The fourth-order valence-electron chi connectivity index (χ4n) is 1.96. The van der Waals surface area contributed by atoms with Crippen LogP contribution in [0.2, 0.25) is 0 Å². The van der Waals surface area contributed by atoms with E-state index in [0.29, 0.717) is 0 Å². The van der Waals surface area contributed by atoms with Crippen molar-refractivity contribution in [3.8, 4) is 0 Å². The van der Waals surface area contributed by atoms with Crippen molar-refractivity contribution in [3.63, 3.8) is 0 Å². The summed E-state index contributed by atoms with van der Waals surface area (Å²) in [6, 6.07) is -0.118. The molecule has 2 unspecified atom stereocenters. The van der Waals surface area contributed by atoms with Gasteiger partial charge in [-0.3, -0.25) is 4.90 Å². The molecule has 0 aromatic rings. The minimum absolute atomic E-state index is 0.118. The monoisotopic (exact) mass is 229 g/mol. The molecule has 1 rings (SSSR count). The molecule has 0 amide bonds. The number of hydrogen-bond donors (Lipinski definition) is 0. The third-order valence-corrected chi connectivity index (χ3v) is 3.15. The first-order valence-corrected chi connectivity index (χ1v) is 5.25. The Morgan fingerprint density at radius 2 is 1.86 bits per heavy atom. The van der Waals surface area contributed by atoms with Crippen LogP contribution in [0.1, 0.15) is 25.7 Å². The summed E-state index contributed by atoms with van der Waals surface area (Å²) in [6.45, 7) is -0.860. The molecule has 0 N–H and O–H groups in total. The standard InChI is InChI=1S/C9H15ClF3N/c1-14(6-9(11,12)13)8-5-3-2-4-7(8)10/h7-8H,2-6H2,1H3. The van der Waals surface area contributed by atoms with Crippen LogP contribution in [0.25, 0.3) is 0 Å². The first-order chi connectivity index (χ1) is 6.40. The lowest BCUT2D eigenvalue weighted by Gasteiger charge is -2.35. The lowest BCUT2D eigenvalue weighted by molar-refractivity contribution is -0.148. The molecule has 0 aromatic heterocycles. The lowest BCUT2D eigenvalue weighted by atomic mass is 9.94. The van der Waals surface area contributed by atoms with Crippen LogP contribution in [0.5, 0.6) is 0 Å². The summed E-state index contributed by atoms with van der Waals surface area (Å²) in [7, 11) is 1.50. The summed E-state index contributed by atoms with van der Waals surface area (Å²) in [5.74, 6) is 0. The highest BCUT2D eigenvalue weighted by Crippen LogP contribution is 2.28. The molecule has 0 radical (unpaired) electrons. The fourth-order valence-corrected chi connectivity index (χ4v) is 2.44. The van der Waals surface area contributed by atoms with Crippen molar-refractivity contribution in [2.75, 3.05) is 13.6 Å². The highest BCUT2D eigenvalue weighted by atomic mass is 35.5. The number of halogens is 4. The molecule has 2 atom stereocenters. The largest absolute Gasteiger partial charge is 0.401 e. The Hall–Kier alpha value is 0.0400. The molecule has 0 spiro atoms. The van der Waals surface area contributed by atoms with Gasteiger partial charge in [-0.05, 0) is 19.9 Å². The third kappa shape index (κ3) is 3.65. The van der Waals surface area contributed by atoms with Crippen molar-refractivity contribution in [1.82, 2.24) is 4.90 Å². The summed E-state index contributed by atoms with van der Waals surface area (Å²) in [5.41, 5.74) is 0. The Labute approximate surface area is 87.2 Å². The zero-order chi connectivity index (χ0) is 10.8. The van der Waals surface area contributed by atoms with E-state index in [1.807, 2.05) is 0 Å². The van der Waals surface area contributed by atoms with Crippen molar-refractivity contribution in [3.05, 3.63) is 0 Å². The predicted octanol–water partition coefficient (Wildman–Crippen LogP) is 3.03. The molecule has 1 aliphatic carbocycles. The molecule has 84 valence electrons. The molecular weight excluding hydrogens is 215 g/mol. The van der Waals surface area contributed by atoms with Gasteiger partial charge in [0.2, 0.25) is 0 Å². The highest BCUT2D eigenvalue weighted by Gasteiger charge is 2.35. The van der Waals surface area contributed by atoms with Crippen LogP contribution in [0, 0.1) is 0 Å². The summed E-state index contributed by atoms with van der Waals surface area (Å²) in [5, 5.41) is -0.129. The minimum Gasteiger partial charge on any atom is -0.294 e. The Balaban J connectivity index is 2.46. The zero-order valence-corrected chi connectivity index (χ0v) is 8.91. The maximum Gasteiger partial charge on any atom is 0.401 e. The van der Waals surface area contributed by atoms with Crippen molar-refractivity contribution in [2.24, 2.45) is 0 Å². The van der Waals surface area contributed by atoms with Gasteiger partial charge in [-0.1, -0.05) is 12.8 Å². The highest BCUT2D eigenvalue weighted by molar-refractivity contribution is 6.21. The van der Waals surface area contributed by atoms with E-state index < -0.39 is 12.7 Å². The predicted molar refractivity (Wildman–Crippen MR) is 50.6 cm³/mol. The van der Waals surface area contributed by atoms with E-state index in [1.165, 1.54) is 11.9 Å². The maximum absolute atomic E-state index is 12.1. The van der Waals surface area contributed by atoms with E-state index in [0.717, 1.165) is 25.7 Å². The van der Waals surface area contributed by atoms with Gasteiger partial charge in [0.05, 0.1) is 6.54 Å². The van der Waals surface area contributed by atoms with Crippen LogP contribution in [0.15, 0.2) is 0 Å². The molecule has 1 nitrogen and oxygen atoms in total. The van der Waals surface area contributed by atoms with Crippen LogP contribution >= 0.6 is 11.6 Å². The maximum atomic E-state index is 12.1. The average molecular weight is 230 g/mol. The second-order valence-corrected chi connectivity index (χ2v) is 4.46. The van der Waals surface area contributed by atoms with E-state index in [1.54, 1.807) is 0 Å². The van der Waals surface area contributed by atoms with E-state index in [9.17, 15) is 13.2 Å². The average Bonchev–Trinajstić information content (AvgIpc) is 2.01. The summed E-state index contributed by atoms with van der Waals surface area (Å²) in [6.07, 6.45) is -0.501. The topological polar surface area (TPSA) is 3.24 Å². The van der Waals surface area contributed by atoms with Crippen LogP contribution in [0.4, 0.5) is 13.2 Å². The van der Waals surface area contributed by atoms with Crippen molar-refractivity contribution in [2.45, 2.75) is 43.3 Å². The quantitative estimate of drug-likeness (QED) is 0.658. The Kier molecular flexibility index (Phi) is 4.07. The van der Waals surface area contributed by atoms with Crippen molar-refractivity contribution >= 4 is 11.6 Å². The SMILES string of the molecule is CN(CC(F)(F)F)C1CCCCC1Cl. The van der Waals surface area contributed by atoms with E-state index >= 15 is 0 Å². The molecule has 0 bridgehead atoms. The molecule has 5 heteroatoms. The number of alkyl halides is 4. The normalized spacial score (nSPS) is 29.6. The van der Waals surface area contributed by atoms with E-state index in [4.69, 9.17) is 11.6 Å². The van der Waals surface area contributed by atoms with Gasteiger partial charge in [-0.2, -0.15) is 13.2 Å². The van der Waals surface area contributed by atoms with Crippen LogP contribution in [-0.4, -0.2) is 36.1 Å². The molecule has 0 aliphatic heterocycles. The number of rotatable bonds is 2. The smallest absolute Gasteiger partial charge is 0.294 e. The van der Waals surface area contributed by atoms with Crippen molar-refractivity contribution < 1.29 is 13.2 Å². The molecular formula is C9H15ClF3N. The molecule has 0 saturated heterocycles. The zero-order valence-electron chi connectivity index (χ0n) is 8.15. The van der Waals surface area contributed by atoms with Gasteiger partial charge in [0.15, 0.2) is 0 Å². The van der Waals surface area contributed by atoms with E-state index in [2.05, 4.69) is 0 Å². The van der Waals surface area contributed by atoms with Crippen LogP contribution in [0.3, 0.4) is 0 Å².